The van der Waals surface area contributed by atoms with Crippen molar-refractivity contribution in [3.8, 4) is 5.75 Å². The van der Waals surface area contributed by atoms with Crippen LogP contribution in [0, 0.1) is 13.8 Å². The Morgan fingerprint density at radius 3 is 2.57 bits per heavy atom. The minimum Gasteiger partial charge on any atom is -0.483 e. The third kappa shape index (κ3) is 8.72. The van der Waals surface area contributed by atoms with Crippen LogP contribution in [-0.2, 0) is 17.8 Å². The lowest BCUT2D eigenvalue weighted by atomic mass is 10.1. The van der Waals surface area contributed by atoms with E-state index in [1.807, 2.05) is 32.0 Å². The molecule has 0 atom stereocenters. The van der Waals surface area contributed by atoms with E-state index >= 15 is 0 Å². The van der Waals surface area contributed by atoms with Gasteiger partial charge in [-0.1, -0.05) is 69.7 Å². The molecule has 0 aliphatic heterocycles. The van der Waals surface area contributed by atoms with Gasteiger partial charge in [-0.3, -0.25) is 4.79 Å². The summed E-state index contributed by atoms with van der Waals surface area (Å²) in [5.74, 6) is 1.92. The van der Waals surface area contributed by atoms with Gasteiger partial charge >= 0.3 is 0 Å². The quantitative estimate of drug-likeness (QED) is 0.228. The molecule has 35 heavy (non-hydrogen) atoms. The van der Waals surface area contributed by atoms with Crippen LogP contribution in [0.1, 0.15) is 81.7 Å². The summed E-state index contributed by atoms with van der Waals surface area (Å²) >= 11 is 0. The van der Waals surface area contributed by atoms with Crippen LogP contribution in [0.2, 0.25) is 0 Å². The molecule has 1 aromatic heterocycles. The molecule has 3 rings (SSSR count). The number of carbonyl (C=O) groups excluding carboxylic acids is 1. The smallest absolute Gasteiger partial charge is 0.257 e. The number of rotatable bonds is 16. The molecular weight excluding hydrogens is 434 g/mol. The van der Waals surface area contributed by atoms with E-state index < -0.39 is 0 Å². The number of hydrogen-bond acceptors (Lipinski definition) is 3. The molecule has 1 N–H and O–H groups in total. The number of ether oxygens (including phenoxy) is 1. The molecule has 1 amide bonds. The lowest BCUT2D eigenvalue weighted by molar-refractivity contribution is -0.123. The second-order valence-corrected chi connectivity index (χ2v) is 9.65. The van der Waals surface area contributed by atoms with Crippen LogP contribution in [0.3, 0.4) is 0 Å². The van der Waals surface area contributed by atoms with Crippen LogP contribution in [0.25, 0.3) is 11.0 Å². The van der Waals surface area contributed by atoms with E-state index in [2.05, 4.69) is 41.1 Å². The van der Waals surface area contributed by atoms with Gasteiger partial charge in [0.05, 0.1) is 11.0 Å². The summed E-state index contributed by atoms with van der Waals surface area (Å²) in [6.45, 7) is 8.08. The van der Waals surface area contributed by atoms with Crippen molar-refractivity contribution in [3.63, 3.8) is 0 Å². The van der Waals surface area contributed by atoms with Crippen LogP contribution >= 0.6 is 0 Å². The van der Waals surface area contributed by atoms with Crippen LogP contribution in [0.15, 0.2) is 42.5 Å². The fourth-order valence-corrected chi connectivity index (χ4v) is 4.49. The average molecular weight is 478 g/mol. The van der Waals surface area contributed by atoms with Gasteiger partial charge in [0.15, 0.2) is 6.61 Å². The zero-order valence-corrected chi connectivity index (χ0v) is 21.9. The maximum atomic E-state index is 12.1. The van der Waals surface area contributed by atoms with Gasteiger partial charge in [0.25, 0.3) is 5.91 Å². The SMILES string of the molecule is CCCCCCCCn1c(CCCCCNC(=O)COc2cc(C)ccc2C)nc2ccccc21. The normalized spacial score (nSPS) is 11.2. The van der Waals surface area contributed by atoms with Gasteiger partial charge in [0, 0.05) is 19.5 Å². The fourth-order valence-electron chi connectivity index (χ4n) is 4.49. The van der Waals surface area contributed by atoms with E-state index in [4.69, 9.17) is 9.72 Å². The first-order chi connectivity index (χ1) is 17.1. The monoisotopic (exact) mass is 477 g/mol. The summed E-state index contributed by atoms with van der Waals surface area (Å²) < 4.78 is 8.13. The molecule has 0 unspecified atom stereocenters. The van der Waals surface area contributed by atoms with Crippen LogP contribution < -0.4 is 10.1 Å². The Balaban J connectivity index is 1.37. The van der Waals surface area contributed by atoms with Crippen molar-refractivity contribution in [2.75, 3.05) is 13.2 Å². The molecule has 0 spiro atoms. The third-order valence-electron chi connectivity index (χ3n) is 6.57. The van der Waals surface area contributed by atoms with E-state index in [1.54, 1.807) is 0 Å². The molecule has 0 saturated heterocycles. The predicted octanol–water partition coefficient (Wildman–Crippen LogP) is 6.92. The van der Waals surface area contributed by atoms with Gasteiger partial charge in [-0.25, -0.2) is 4.98 Å². The maximum Gasteiger partial charge on any atom is 0.257 e. The number of nitrogens with zero attached hydrogens (tertiary/aromatic N) is 2. The van der Waals surface area contributed by atoms with E-state index in [0.717, 1.165) is 54.6 Å². The Labute approximate surface area is 211 Å². The van der Waals surface area contributed by atoms with Gasteiger partial charge in [-0.15, -0.1) is 0 Å². The number of amides is 1. The second-order valence-electron chi connectivity index (χ2n) is 9.65. The molecule has 0 saturated carbocycles. The maximum absolute atomic E-state index is 12.1. The first-order valence-electron chi connectivity index (χ1n) is 13.5. The van der Waals surface area contributed by atoms with Gasteiger partial charge in [-0.05, 0) is 62.4 Å². The number of imidazole rings is 1. The molecule has 2 aromatic carbocycles. The van der Waals surface area contributed by atoms with Crippen molar-refractivity contribution in [3.05, 3.63) is 59.4 Å². The highest BCUT2D eigenvalue weighted by Gasteiger charge is 2.10. The highest BCUT2D eigenvalue weighted by atomic mass is 16.5. The Morgan fingerprint density at radius 2 is 1.71 bits per heavy atom. The summed E-state index contributed by atoms with van der Waals surface area (Å²) in [5.41, 5.74) is 4.54. The highest BCUT2D eigenvalue weighted by Crippen LogP contribution is 2.20. The number of aromatic nitrogens is 2. The summed E-state index contributed by atoms with van der Waals surface area (Å²) in [6.07, 6.45) is 11.9. The van der Waals surface area contributed by atoms with Crippen molar-refractivity contribution < 1.29 is 9.53 Å². The van der Waals surface area contributed by atoms with Gasteiger partial charge < -0.3 is 14.6 Å². The number of fused-ring (bicyclic) bond motifs is 1. The number of nitrogens with one attached hydrogen (secondary N) is 1. The number of benzene rings is 2. The molecule has 0 radical (unpaired) electrons. The molecule has 5 nitrogen and oxygen atoms in total. The highest BCUT2D eigenvalue weighted by molar-refractivity contribution is 5.77. The van der Waals surface area contributed by atoms with Gasteiger partial charge in [0.2, 0.25) is 0 Å². The van der Waals surface area contributed by atoms with Crippen LogP contribution in [-0.4, -0.2) is 28.6 Å². The van der Waals surface area contributed by atoms with Crippen molar-refractivity contribution in [2.45, 2.75) is 91.5 Å². The first-order valence-corrected chi connectivity index (χ1v) is 13.5. The Hall–Kier alpha value is -2.82. The zero-order chi connectivity index (χ0) is 24.9. The largest absolute Gasteiger partial charge is 0.483 e. The Kier molecular flexibility index (Phi) is 11.1. The van der Waals surface area contributed by atoms with Crippen molar-refractivity contribution in [2.24, 2.45) is 0 Å². The molecule has 0 aliphatic rings. The molecule has 0 aliphatic carbocycles. The van der Waals surface area contributed by atoms with E-state index in [1.165, 1.54) is 49.9 Å². The van der Waals surface area contributed by atoms with Gasteiger partial charge in [-0.2, -0.15) is 0 Å². The summed E-state index contributed by atoms with van der Waals surface area (Å²) in [4.78, 5) is 17.1. The summed E-state index contributed by atoms with van der Waals surface area (Å²) in [7, 11) is 0. The number of hydrogen-bond donors (Lipinski definition) is 1. The number of unbranched alkanes of at least 4 members (excludes halogenated alkanes) is 7. The van der Waals surface area contributed by atoms with E-state index in [9.17, 15) is 4.79 Å². The minimum absolute atomic E-state index is 0.0623. The summed E-state index contributed by atoms with van der Waals surface area (Å²) in [5, 5.41) is 2.98. The van der Waals surface area contributed by atoms with E-state index in [0.29, 0.717) is 6.54 Å². The van der Waals surface area contributed by atoms with Crippen molar-refractivity contribution >= 4 is 16.9 Å². The van der Waals surface area contributed by atoms with Crippen molar-refractivity contribution in [1.82, 2.24) is 14.9 Å². The predicted molar refractivity (Wildman–Crippen MR) is 145 cm³/mol. The van der Waals surface area contributed by atoms with Crippen LogP contribution in [0.4, 0.5) is 0 Å². The second kappa shape index (κ2) is 14.6. The fraction of sp³-hybridized carbons (Fsp3) is 0.533. The van der Waals surface area contributed by atoms with E-state index in [-0.39, 0.29) is 12.5 Å². The molecule has 0 fully saturated rings. The lowest BCUT2D eigenvalue weighted by Gasteiger charge is -2.11. The molecule has 1 heterocycles. The molecule has 0 bridgehead atoms. The number of carbonyl (C=O) groups is 1. The molecular formula is C30H43N3O2. The molecule has 3 aromatic rings. The topological polar surface area (TPSA) is 56.2 Å². The number of para-hydroxylation sites is 2. The lowest BCUT2D eigenvalue weighted by Crippen LogP contribution is -2.29. The Morgan fingerprint density at radius 1 is 0.943 bits per heavy atom. The van der Waals surface area contributed by atoms with Crippen LogP contribution in [0.5, 0.6) is 5.75 Å². The molecule has 5 heteroatoms. The standard InChI is InChI=1S/C30H43N3O2/c1-4-5-6-7-8-14-21-33-27-16-12-11-15-26(27)32-29(33)17-10-9-13-20-31-30(34)23-35-28-22-24(2)18-19-25(28)3/h11-12,15-16,18-19,22H,4-10,13-14,17,20-21,23H2,1-3H3,(H,31,34). The Bertz CT molecular complexity index is 1060. The third-order valence-corrected chi connectivity index (χ3v) is 6.57. The number of aryl methyl sites for hydroxylation is 4. The first kappa shape index (κ1) is 26.8. The molecule has 190 valence electrons. The van der Waals surface area contributed by atoms with Crippen molar-refractivity contribution in [1.29, 1.82) is 0 Å². The minimum atomic E-state index is -0.0633. The summed E-state index contributed by atoms with van der Waals surface area (Å²) in [6, 6.07) is 14.5. The zero-order valence-electron chi connectivity index (χ0n) is 21.9. The average Bonchev–Trinajstić information content (AvgIpc) is 3.21. The van der Waals surface area contributed by atoms with Gasteiger partial charge in [0.1, 0.15) is 11.6 Å².